The van der Waals surface area contributed by atoms with Crippen LogP contribution >= 0.6 is 11.9 Å². The first-order valence-electron chi connectivity index (χ1n) is 7.11. The molecule has 0 heterocycles. The van der Waals surface area contributed by atoms with Crippen molar-refractivity contribution >= 4 is 23.5 Å². The van der Waals surface area contributed by atoms with Gasteiger partial charge in [0.15, 0.2) is 5.75 Å². The van der Waals surface area contributed by atoms with Gasteiger partial charge in [-0.2, -0.15) is 0 Å². The van der Waals surface area contributed by atoms with Gasteiger partial charge in [-0.3, -0.25) is 4.79 Å². The molecule has 0 aliphatic rings. The van der Waals surface area contributed by atoms with Gasteiger partial charge in [0, 0.05) is 18.8 Å². The minimum absolute atomic E-state index is 0.0742. The van der Waals surface area contributed by atoms with Crippen LogP contribution < -0.4 is 10.0 Å². The second-order valence-electron chi connectivity index (χ2n) is 4.83. The lowest BCUT2D eigenvalue weighted by Gasteiger charge is -2.23. The van der Waals surface area contributed by atoms with Crippen LogP contribution in [0.4, 0.5) is 5.69 Å². The fourth-order valence-electron chi connectivity index (χ4n) is 1.97. The Morgan fingerprint density at radius 3 is 2.35 bits per heavy atom. The van der Waals surface area contributed by atoms with Crippen LogP contribution in [0.25, 0.3) is 0 Å². The number of carbonyl (C=O) groups is 1. The number of rotatable bonds is 8. The Morgan fingerprint density at radius 2 is 1.85 bits per heavy atom. The lowest BCUT2D eigenvalue weighted by molar-refractivity contribution is 0.0749. The highest BCUT2D eigenvalue weighted by Crippen LogP contribution is 2.24. The number of carbonyl (C=O) groups excluding carboxylic acids is 1. The van der Waals surface area contributed by atoms with E-state index >= 15 is 0 Å². The van der Waals surface area contributed by atoms with Gasteiger partial charge >= 0.3 is 0 Å². The predicted octanol–water partition coefficient (Wildman–Crippen LogP) is 3.84. The number of hydrogen-bond acceptors (Lipinski definition) is 3. The Bertz CT molecular complexity index is 430. The van der Waals surface area contributed by atoms with Gasteiger partial charge in [0.25, 0.3) is 5.91 Å². The number of anilines is 1. The maximum atomic E-state index is 12.6. The van der Waals surface area contributed by atoms with Crippen molar-refractivity contribution in [3.05, 3.63) is 23.8 Å². The summed E-state index contributed by atoms with van der Waals surface area (Å²) in [5.74, 6) is 0.277. The quantitative estimate of drug-likeness (QED) is 0.742. The first-order valence-corrected chi connectivity index (χ1v) is 7.42. The summed E-state index contributed by atoms with van der Waals surface area (Å²) in [5, 5.41) is 0. The van der Waals surface area contributed by atoms with Crippen molar-refractivity contribution < 1.29 is 9.08 Å². The molecule has 112 valence electrons. The highest BCUT2D eigenvalue weighted by molar-refractivity contribution is 6.10. The van der Waals surface area contributed by atoms with Crippen LogP contribution in [-0.2, 0) is 0 Å². The molecule has 1 aromatic carbocycles. The molecule has 20 heavy (non-hydrogen) atoms. The zero-order valence-electron chi connectivity index (χ0n) is 12.2. The van der Waals surface area contributed by atoms with E-state index < -0.39 is 0 Å². The van der Waals surface area contributed by atoms with E-state index in [-0.39, 0.29) is 5.91 Å². The zero-order chi connectivity index (χ0) is 15.0. The summed E-state index contributed by atoms with van der Waals surface area (Å²) in [4.78, 5) is 14.5. The van der Waals surface area contributed by atoms with E-state index in [1.54, 1.807) is 18.2 Å². The number of nitrogens with two attached hydrogens (primary N) is 1. The molecule has 0 unspecified atom stereocenters. The maximum Gasteiger partial charge on any atom is 0.257 e. The third-order valence-electron chi connectivity index (χ3n) is 3.17. The molecule has 0 spiro atoms. The Morgan fingerprint density at radius 1 is 1.25 bits per heavy atom. The summed E-state index contributed by atoms with van der Waals surface area (Å²) in [6.45, 7) is 5.70. The molecule has 5 heteroatoms. The second-order valence-corrected chi connectivity index (χ2v) is 4.99. The average Bonchev–Trinajstić information content (AvgIpc) is 2.46. The highest BCUT2D eigenvalue weighted by Gasteiger charge is 2.19. The molecule has 1 rings (SSSR count). The predicted molar refractivity (Wildman–Crippen MR) is 83.1 cm³/mol. The largest absolute Gasteiger partial charge is 0.399 e. The summed E-state index contributed by atoms with van der Waals surface area (Å²) in [6.07, 6.45) is 4.06. The number of nitrogen functional groups attached to an aromatic ring is 1. The highest BCUT2D eigenvalue weighted by atomic mass is 35.5. The average molecular weight is 299 g/mol. The zero-order valence-corrected chi connectivity index (χ0v) is 12.9. The van der Waals surface area contributed by atoms with Crippen LogP contribution in [0.2, 0.25) is 0 Å². The van der Waals surface area contributed by atoms with Gasteiger partial charge in [-0.05, 0) is 31.0 Å². The summed E-state index contributed by atoms with van der Waals surface area (Å²) in [6, 6.07) is 4.90. The van der Waals surface area contributed by atoms with Gasteiger partial charge in [0.2, 0.25) is 0 Å². The molecule has 0 saturated heterocycles. The van der Waals surface area contributed by atoms with Crippen molar-refractivity contribution in [2.24, 2.45) is 0 Å². The van der Waals surface area contributed by atoms with Crippen LogP contribution in [0.15, 0.2) is 18.2 Å². The second kappa shape index (κ2) is 8.69. The molecule has 0 fully saturated rings. The number of unbranched alkanes of at least 4 members (excludes halogenated alkanes) is 2. The molecule has 0 atom stereocenters. The first-order chi connectivity index (χ1) is 9.63. The van der Waals surface area contributed by atoms with Crippen molar-refractivity contribution in [1.29, 1.82) is 0 Å². The number of halogens is 1. The maximum absolute atomic E-state index is 12.6. The van der Waals surface area contributed by atoms with E-state index in [1.807, 2.05) is 4.90 Å². The number of benzene rings is 1. The molecular formula is C15H23ClN2O2. The molecule has 2 N–H and O–H groups in total. The van der Waals surface area contributed by atoms with Gasteiger partial charge in [-0.25, -0.2) is 0 Å². The van der Waals surface area contributed by atoms with Crippen LogP contribution in [-0.4, -0.2) is 23.9 Å². The summed E-state index contributed by atoms with van der Waals surface area (Å²) < 4.78 is 4.75. The van der Waals surface area contributed by atoms with E-state index in [2.05, 4.69) is 13.8 Å². The molecule has 0 aliphatic heterocycles. The lowest BCUT2D eigenvalue weighted by Crippen LogP contribution is -2.33. The smallest absolute Gasteiger partial charge is 0.257 e. The molecular weight excluding hydrogens is 276 g/mol. The van der Waals surface area contributed by atoms with Crippen LogP contribution in [0.1, 0.15) is 49.9 Å². The first kappa shape index (κ1) is 16.6. The van der Waals surface area contributed by atoms with Crippen molar-refractivity contribution in [3.63, 3.8) is 0 Å². The molecule has 4 nitrogen and oxygen atoms in total. The summed E-state index contributed by atoms with van der Waals surface area (Å²) in [5.41, 5.74) is 6.70. The lowest BCUT2D eigenvalue weighted by atomic mass is 10.1. The third kappa shape index (κ3) is 4.60. The van der Waals surface area contributed by atoms with Gasteiger partial charge in [0.1, 0.15) is 11.9 Å². The molecule has 0 saturated carbocycles. The van der Waals surface area contributed by atoms with Crippen molar-refractivity contribution in [2.45, 2.75) is 39.5 Å². The number of amides is 1. The SMILES string of the molecule is CCCCN(CCCC)C(=O)c1cc(N)ccc1OCl. The topological polar surface area (TPSA) is 55.6 Å². The molecule has 1 aromatic rings. The summed E-state index contributed by atoms with van der Waals surface area (Å²) in [7, 11) is 0. The van der Waals surface area contributed by atoms with Crippen molar-refractivity contribution in [1.82, 2.24) is 4.90 Å². The van der Waals surface area contributed by atoms with E-state index in [4.69, 9.17) is 21.9 Å². The monoisotopic (exact) mass is 298 g/mol. The van der Waals surface area contributed by atoms with E-state index in [1.165, 1.54) is 0 Å². The van der Waals surface area contributed by atoms with Crippen LogP contribution in [0.3, 0.4) is 0 Å². The van der Waals surface area contributed by atoms with Gasteiger partial charge in [-0.1, -0.05) is 26.7 Å². The third-order valence-corrected chi connectivity index (χ3v) is 3.33. The number of nitrogens with zero attached hydrogens (tertiary/aromatic N) is 1. The minimum atomic E-state index is -0.0742. The Balaban J connectivity index is 2.94. The normalized spacial score (nSPS) is 10.3. The van der Waals surface area contributed by atoms with E-state index in [0.29, 0.717) is 17.0 Å². The summed E-state index contributed by atoms with van der Waals surface area (Å²) >= 11 is 5.43. The molecule has 0 aromatic heterocycles. The Hall–Kier alpha value is -1.42. The van der Waals surface area contributed by atoms with Crippen LogP contribution in [0.5, 0.6) is 5.75 Å². The molecule has 1 amide bonds. The molecule has 0 bridgehead atoms. The fraction of sp³-hybridized carbons (Fsp3) is 0.533. The van der Waals surface area contributed by atoms with E-state index in [9.17, 15) is 4.79 Å². The number of hydrogen-bond donors (Lipinski definition) is 1. The fourth-order valence-corrected chi connectivity index (χ4v) is 2.10. The Labute approximate surface area is 126 Å². The molecule has 0 aliphatic carbocycles. The van der Waals surface area contributed by atoms with E-state index in [0.717, 1.165) is 38.8 Å². The van der Waals surface area contributed by atoms with Crippen molar-refractivity contribution in [2.75, 3.05) is 18.8 Å². The van der Waals surface area contributed by atoms with Gasteiger partial charge in [0.05, 0.1) is 5.56 Å². The molecule has 0 radical (unpaired) electrons. The standard InChI is InChI=1S/C15H23ClN2O2/c1-3-5-9-18(10-6-4-2)15(19)13-11-12(17)7-8-14(13)20-16/h7-8,11H,3-6,9-10,17H2,1-2H3. The van der Waals surface area contributed by atoms with Crippen molar-refractivity contribution in [3.8, 4) is 5.75 Å². The van der Waals surface area contributed by atoms with Gasteiger partial charge in [-0.15, -0.1) is 0 Å². The van der Waals surface area contributed by atoms with Gasteiger partial charge < -0.3 is 14.9 Å². The minimum Gasteiger partial charge on any atom is -0.399 e. The van der Waals surface area contributed by atoms with Crippen LogP contribution in [0, 0.1) is 0 Å². The Kier molecular flexibility index (Phi) is 7.23.